The third kappa shape index (κ3) is 4.12. The first-order chi connectivity index (χ1) is 15.1. The lowest BCUT2D eigenvalue weighted by Crippen LogP contribution is -2.56. The van der Waals surface area contributed by atoms with Crippen LogP contribution in [0.1, 0.15) is 53.6 Å². The molecule has 0 aromatic heterocycles. The number of nitrogens with zero attached hydrogens (tertiary/aromatic N) is 2. The molecule has 0 spiro atoms. The number of hydrogen-bond donors (Lipinski definition) is 2. The van der Waals surface area contributed by atoms with Gasteiger partial charge in [-0.15, -0.1) is 0 Å². The molecule has 0 saturated carbocycles. The third-order valence-electron chi connectivity index (χ3n) is 7.07. The van der Waals surface area contributed by atoms with E-state index in [1.165, 1.54) is 24.8 Å². The summed E-state index contributed by atoms with van der Waals surface area (Å²) in [5, 5.41) is 6.03. The fourth-order valence-corrected chi connectivity index (χ4v) is 5.39. The van der Waals surface area contributed by atoms with Crippen molar-refractivity contribution < 1.29 is 19.1 Å². The van der Waals surface area contributed by atoms with Crippen molar-refractivity contribution in [2.45, 2.75) is 63.3 Å². The van der Waals surface area contributed by atoms with Gasteiger partial charge in [-0.05, 0) is 43.0 Å². The quantitative estimate of drug-likeness (QED) is 0.692. The second kappa shape index (κ2) is 8.68. The number of fused-ring (bicyclic) bond motifs is 1. The van der Waals surface area contributed by atoms with Crippen molar-refractivity contribution >= 4 is 17.7 Å². The molecule has 4 aliphatic rings. The highest BCUT2D eigenvalue weighted by Gasteiger charge is 2.39. The van der Waals surface area contributed by atoms with Gasteiger partial charge in [0.05, 0.1) is 13.2 Å². The number of morpholine rings is 1. The normalized spacial score (nSPS) is 29.7. The largest absolute Gasteiger partial charge is 0.378 e. The maximum absolute atomic E-state index is 12.9. The number of piperidine rings is 2. The Morgan fingerprint density at radius 1 is 1.13 bits per heavy atom. The average Bonchev–Trinajstić information content (AvgIpc) is 3.10. The second-order valence-electron chi connectivity index (χ2n) is 9.06. The molecule has 166 valence electrons. The number of hydrogen-bond acceptors (Lipinski definition) is 6. The molecular weight excluding hydrogens is 396 g/mol. The van der Waals surface area contributed by atoms with Crippen LogP contribution in [-0.2, 0) is 27.4 Å². The molecule has 3 unspecified atom stereocenters. The van der Waals surface area contributed by atoms with Crippen LogP contribution in [-0.4, -0.2) is 72.0 Å². The van der Waals surface area contributed by atoms with Crippen LogP contribution in [0.25, 0.3) is 0 Å². The first kappa shape index (κ1) is 20.6. The van der Waals surface area contributed by atoms with Gasteiger partial charge in [0, 0.05) is 43.7 Å². The van der Waals surface area contributed by atoms with E-state index in [1.807, 2.05) is 12.1 Å². The lowest BCUT2D eigenvalue weighted by Gasteiger charge is -2.42. The number of imide groups is 1. The van der Waals surface area contributed by atoms with Gasteiger partial charge in [-0.1, -0.05) is 18.6 Å². The summed E-state index contributed by atoms with van der Waals surface area (Å²) in [6.45, 7) is 4.73. The van der Waals surface area contributed by atoms with Crippen LogP contribution >= 0.6 is 0 Å². The Morgan fingerprint density at radius 2 is 2.03 bits per heavy atom. The van der Waals surface area contributed by atoms with Gasteiger partial charge in [0.25, 0.3) is 5.91 Å². The zero-order valence-electron chi connectivity index (χ0n) is 17.8. The zero-order valence-corrected chi connectivity index (χ0v) is 17.8. The fourth-order valence-electron chi connectivity index (χ4n) is 5.39. The van der Waals surface area contributed by atoms with Crippen LogP contribution in [0.2, 0.25) is 0 Å². The van der Waals surface area contributed by atoms with Crippen LogP contribution in [0, 0.1) is 0 Å². The van der Waals surface area contributed by atoms with Gasteiger partial charge in [-0.3, -0.25) is 24.6 Å². The molecule has 3 saturated heterocycles. The van der Waals surface area contributed by atoms with E-state index in [9.17, 15) is 14.4 Å². The number of nitrogens with one attached hydrogen (secondary N) is 2. The highest BCUT2D eigenvalue weighted by atomic mass is 16.5. The molecule has 8 nitrogen and oxygen atoms in total. The van der Waals surface area contributed by atoms with Gasteiger partial charge in [0.1, 0.15) is 6.04 Å². The molecule has 31 heavy (non-hydrogen) atoms. The lowest BCUT2D eigenvalue weighted by atomic mass is 9.96. The third-order valence-corrected chi connectivity index (χ3v) is 7.07. The standard InChI is InChI=1S/C23H30N4O4/c28-21-7-6-19(22(29)25-21)27-13-16-11-15(4-5-17(16)23(27)30)12-26-9-10-31-14-20(26)18-3-1-2-8-24-18/h4-5,11,18-20,24H,1-3,6-10,12-14H2,(H,25,28,29). The van der Waals surface area contributed by atoms with E-state index in [1.54, 1.807) is 4.90 Å². The Morgan fingerprint density at radius 3 is 2.84 bits per heavy atom. The summed E-state index contributed by atoms with van der Waals surface area (Å²) in [4.78, 5) is 40.7. The molecule has 8 heteroatoms. The molecule has 1 aromatic rings. The van der Waals surface area contributed by atoms with Gasteiger partial charge < -0.3 is 15.0 Å². The van der Waals surface area contributed by atoms with E-state index in [0.29, 0.717) is 30.6 Å². The number of ether oxygens (including phenoxy) is 1. The fraction of sp³-hybridized carbons (Fsp3) is 0.609. The Kier molecular flexibility index (Phi) is 5.77. The first-order valence-corrected chi connectivity index (χ1v) is 11.4. The molecule has 0 aliphatic carbocycles. The summed E-state index contributed by atoms with van der Waals surface area (Å²) in [7, 11) is 0. The molecule has 4 aliphatic heterocycles. The number of carbonyl (C=O) groups is 3. The van der Waals surface area contributed by atoms with Crippen molar-refractivity contribution in [3.05, 3.63) is 34.9 Å². The summed E-state index contributed by atoms with van der Waals surface area (Å²) in [5.41, 5.74) is 2.81. The summed E-state index contributed by atoms with van der Waals surface area (Å²) in [5.74, 6) is -0.749. The van der Waals surface area contributed by atoms with Crippen molar-refractivity contribution in [1.29, 1.82) is 0 Å². The minimum Gasteiger partial charge on any atom is -0.378 e. The van der Waals surface area contributed by atoms with Crippen molar-refractivity contribution in [2.75, 3.05) is 26.3 Å². The maximum atomic E-state index is 12.9. The van der Waals surface area contributed by atoms with E-state index >= 15 is 0 Å². The Hall–Kier alpha value is -2.29. The van der Waals surface area contributed by atoms with Crippen LogP contribution in [0.4, 0.5) is 0 Å². The van der Waals surface area contributed by atoms with Crippen LogP contribution in [0.5, 0.6) is 0 Å². The molecule has 5 rings (SSSR count). The van der Waals surface area contributed by atoms with Crippen molar-refractivity contribution in [1.82, 2.24) is 20.4 Å². The molecule has 0 radical (unpaired) electrons. The van der Waals surface area contributed by atoms with Gasteiger partial charge in [-0.25, -0.2) is 0 Å². The monoisotopic (exact) mass is 426 g/mol. The lowest BCUT2D eigenvalue weighted by molar-refractivity contribution is -0.136. The van der Waals surface area contributed by atoms with E-state index in [4.69, 9.17) is 4.74 Å². The van der Waals surface area contributed by atoms with Crippen molar-refractivity contribution in [2.24, 2.45) is 0 Å². The molecule has 3 atom stereocenters. The Bertz CT molecular complexity index is 882. The molecule has 2 N–H and O–H groups in total. The highest BCUT2D eigenvalue weighted by molar-refractivity contribution is 6.05. The van der Waals surface area contributed by atoms with Crippen molar-refractivity contribution in [3.8, 4) is 0 Å². The Labute approximate surface area is 182 Å². The van der Waals surface area contributed by atoms with Gasteiger partial charge >= 0.3 is 0 Å². The average molecular weight is 427 g/mol. The second-order valence-corrected chi connectivity index (χ2v) is 9.06. The van der Waals surface area contributed by atoms with E-state index in [2.05, 4.69) is 21.6 Å². The minimum absolute atomic E-state index is 0.119. The predicted molar refractivity (Wildman–Crippen MR) is 113 cm³/mol. The van der Waals surface area contributed by atoms with E-state index in [0.717, 1.165) is 38.4 Å². The molecule has 0 bridgehead atoms. The highest BCUT2D eigenvalue weighted by Crippen LogP contribution is 2.29. The summed E-state index contributed by atoms with van der Waals surface area (Å²) in [6, 6.07) is 6.30. The van der Waals surface area contributed by atoms with E-state index < -0.39 is 6.04 Å². The predicted octanol–water partition coefficient (Wildman–Crippen LogP) is 0.791. The van der Waals surface area contributed by atoms with Gasteiger partial charge in [0.15, 0.2) is 0 Å². The van der Waals surface area contributed by atoms with Crippen molar-refractivity contribution in [3.63, 3.8) is 0 Å². The number of rotatable bonds is 4. The smallest absolute Gasteiger partial charge is 0.255 e. The summed E-state index contributed by atoms with van der Waals surface area (Å²) >= 11 is 0. The van der Waals surface area contributed by atoms with Gasteiger partial charge in [0.2, 0.25) is 11.8 Å². The summed E-state index contributed by atoms with van der Waals surface area (Å²) < 4.78 is 5.80. The van der Waals surface area contributed by atoms with Crippen LogP contribution in [0.15, 0.2) is 18.2 Å². The number of carbonyl (C=O) groups excluding carboxylic acids is 3. The van der Waals surface area contributed by atoms with E-state index in [-0.39, 0.29) is 24.1 Å². The molecule has 3 amide bonds. The Balaban J connectivity index is 1.29. The molecular formula is C23H30N4O4. The molecule has 1 aromatic carbocycles. The van der Waals surface area contributed by atoms with Crippen LogP contribution < -0.4 is 10.6 Å². The molecule has 3 fully saturated rings. The first-order valence-electron chi connectivity index (χ1n) is 11.4. The SMILES string of the molecule is O=C1CCC(N2Cc3cc(CN4CCOCC4C4CCCCN4)ccc3C2=O)C(=O)N1. The maximum Gasteiger partial charge on any atom is 0.255 e. The molecule has 4 heterocycles. The van der Waals surface area contributed by atoms with Crippen LogP contribution in [0.3, 0.4) is 0 Å². The van der Waals surface area contributed by atoms with Gasteiger partial charge in [-0.2, -0.15) is 0 Å². The zero-order chi connectivity index (χ0) is 21.4. The topological polar surface area (TPSA) is 91.0 Å². The minimum atomic E-state index is -0.568. The number of amides is 3. The number of benzene rings is 1. The summed E-state index contributed by atoms with van der Waals surface area (Å²) in [6.07, 6.45) is 4.35.